The smallest absolute Gasteiger partial charge is 0.101 e. The van der Waals surface area contributed by atoms with E-state index in [9.17, 15) is 0 Å². The van der Waals surface area contributed by atoms with E-state index in [-0.39, 0.29) is 5.41 Å². The Kier molecular flexibility index (Phi) is 5.61. The molecule has 8 aromatic rings. The third-order valence-corrected chi connectivity index (χ3v) is 10.8. The summed E-state index contributed by atoms with van der Waals surface area (Å²) >= 11 is 1.92. The second-order valence-corrected chi connectivity index (χ2v) is 14.4. The van der Waals surface area contributed by atoms with Crippen molar-refractivity contribution >= 4 is 37.3 Å². The van der Waals surface area contributed by atoms with E-state index in [0.717, 1.165) is 0 Å². The zero-order valence-electron chi connectivity index (χ0n) is 26.0. The second-order valence-electron chi connectivity index (χ2n) is 13.4. The Morgan fingerprint density at radius 2 is 1.07 bits per heavy atom. The van der Waals surface area contributed by atoms with Gasteiger partial charge in [0.2, 0.25) is 0 Å². The van der Waals surface area contributed by atoms with E-state index in [2.05, 4.69) is 159 Å². The fourth-order valence-corrected chi connectivity index (χ4v) is 8.83. The maximum absolute atomic E-state index is 2.47. The van der Waals surface area contributed by atoms with Gasteiger partial charge in [-0.25, -0.2) is 0 Å². The third-order valence-electron chi connectivity index (χ3n) is 9.67. The van der Waals surface area contributed by atoms with Crippen LogP contribution < -0.4 is 0 Å². The molecular formula is C43H33NS. The molecule has 2 aromatic heterocycles. The lowest BCUT2D eigenvalue weighted by atomic mass is 9.78. The van der Waals surface area contributed by atoms with Gasteiger partial charge in [-0.2, -0.15) is 0 Å². The van der Waals surface area contributed by atoms with Crippen LogP contribution in [0, 0.1) is 6.92 Å². The van der Waals surface area contributed by atoms with Crippen molar-refractivity contribution in [2.75, 3.05) is 0 Å². The standard InChI is InChI=1S/C43H33NS/c1-26-12-11-19-38-35(26)25-40-44(38)39-23-22-37(43(2,3)4)41(42(39)45-40)27-20-21-34-32-17-8-7-15-30(32)28-13-5-6-14-29(28)31-16-9-10-18-33(31)36(34)24-27/h5-25H,1-4H3. The Labute approximate surface area is 268 Å². The predicted octanol–water partition coefficient (Wildman–Crippen LogP) is 12.6. The van der Waals surface area contributed by atoms with Gasteiger partial charge in [0.15, 0.2) is 0 Å². The molecule has 0 bridgehead atoms. The van der Waals surface area contributed by atoms with E-state index in [4.69, 9.17) is 0 Å². The Morgan fingerprint density at radius 1 is 0.511 bits per heavy atom. The van der Waals surface area contributed by atoms with Crippen LogP contribution in [0.3, 0.4) is 0 Å². The molecular weight excluding hydrogens is 563 g/mol. The van der Waals surface area contributed by atoms with E-state index >= 15 is 0 Å². The first-order chi connectivity index (χ1) is 21.9. The summed E-state index contributed by atoms with van der Waals surface area (Å²) in [5, 5.41) is 1.34. The predicted molar refractivity (Wildman–Crippen MR) is 194 cm³/mol. The Bertz CT molecular complexity index is 2470. The zero-order chi connectivity index (χ0) is 30.4. The van der Waals surface area contributed by atoms with Crippen LogP contribution in [0.5, 0.6) is 0 Å². The van der Waals surface area contributed by atoms with Crippen molar-refractivity contribution < 1.29 is 0 Å². The van der Waals surface area contributed by atoms with Crippen LogP contribution in [-0.4, -0.2) is 4.40 Å². The molecule has 0 saturated carbocycles. The van der Waals surface area contributed by atoms with E-state index in [1.807, 2.05) is 11.3 Å². The number of hydrogen-bond acceptors (Lipinski definition) is 1. The molecule has 1 aliphatic carbocycles. The van der Waals surface area contributed by atoms with Gasteiger partial charge in [0.25, 0.3) is 0 Å². The Hall–Kier alpha value is -4.92. The topological polar surface area (TPSA) is 4.41 Å². The van der Waals surface area contributed by atoms with Gasteiger partial charge < -0.3 is 0 Å². The minimum atomic E-state index is -0.0193. The number of rotatable bonds is 1. The van der Waals surface area contributed by atoms with Crippen molar-refractivity contribution in [1.82, 2.24) is 4.40 Å². The van der Waals surface area contributed by atoms with Crippen molar-refractivity contribution in [2.24, 2.45) is 0 Å². The maximum Gasteiger partial charge on any atom is 0.101 e. The van der Waals surface area contributed by atoms with E-state index < -0.39 is 0 Å². The summed E-state index contributed by atoms with van der Waals surface area (Å²) in [6.45, 7) is 9.23. The van der Waals surface area contributed by atoms with Crippen LogP contribution in [-0.2, 0) is 5.41 Å². The van der Waals surface area contributed by atoms with Crippen molar-refractivity contribution in [1.29, 1.82) is 0 Å². The minimum absolute atomic E-state index is 0.0193. The number of nitrogens with zero attached hydrogens (tertiary/aromatic N) is 1. The highest BCUT2D eigenvalue weighted by Crippen LogP contribution is 2.50. The summed E-state index contributed by atoms with van der Waals surface area (Å²) in [6.07, 6.45) is 0. The van der Waals surface area contributed by atoms with Crippen molar-refractivity contribution in [2.45, 2.75) is 33.1 Å². The molecule has 2 heteroatoms. The molecule has 1 nitrogen and oxygen atoms in total. The zero-order valence-corrected chi connectivity index (χ0v) is 26.8. The summed E-state index contributed by atoms with van der Waals surface area (Å²) in [6, 6.07) is 47.7. The average Bonchev–Trinajstić information content (AvgIpc) is 3.60. The molecule has 0 atom stereocenters. The summed E-state index contributed by atoms with van der Waals surface area (Å²) in [5.74, 6) is 0. The number of aromatic nitrogens is 1. The van der Waals surface area contributed by atoms with E-state index in [1.165, 1.54) is 92.7 Å². The molecule has 45 heavy (non-hydrogen) atoms. The highest BCUT2D eigenvalue weighted by atomic mass is 32.1. The molecule has 0 N–H and O–H groups in total. The Morgan fingerprint density at radius 3 is 1.64 bits per heavy atom. The monoisotopic (exact) mass is 595 g/mol. The molecule has 0 aliphatic heterocycles. The molecule has 0 radical (unpaired) electrons. The minimum Gasteiger partial charge on any atom is -0.300 e. The SMILES string of the molecule is Cc1cccc2c1cc1sc3c(-c4ccc5c(c4)-c4ccccc4-c4ccccc4-c4ccccc4-5)c(C(C)(C)C)ccc3n12. The molecule has 0 unspecified atom stereocenters. The quantitative estimate of drug-likeness (QED) is 0.178. The van der Waals surface area contributed by atoms with Crippen LogP contribution in [0.15, 0.2) is 127 Å². The van der Waals surface area contributed by atoms with Gasteiger partial charge in [0.1, 0.15) is 4.83 Å². The fraction of sp³-hybridized carbons (Fsp3) is 0.116. The van der Waals surface area contributed by atoms with Crippen molar-refractivity contribution in [3.8, 4) is 55.6 Å². The maximum atomic E-state index is 2.47. The lowest BCUT2D eigenvalue weighted by molar-refractivity contribution is 0.593. The number of hydrogen-bond donors (Lipinski definition) is 0. The molecule has 0 amide bonds. The van der Waals surface area contributed by atoms with Gasteiger partial charge >= 0.3 is 0 Å². The molecule has 0 spiro atoms. The molecule has 0 saturated heterocycles. The summed E-state index contributed by atoms with van der Waals surface area (Å²) in [7, 11) is 0. The first-order valence-electron chi connectivity index (χ1n) is 15.8. The van der Waals surface area contributed by atoms with Crippen LogP contribution in [0.1, 0.15) is 31.9 Å². The molecule has 6 aromatic carbocycles. The summed E-state index contributed by atoms with van der Waals surface area (Å²) in [5.41, 5.74) is 18.1. The normalized spacial score (nSPS) is 12.4. The van der Waals surface area contributed by atoms with E-state index in [1.54, 1.807) is 0 Å². The van der Waals surface area contributed by atoms with Crippen LogP contribution >= 0.6 is 11.3 Å². The van der Waals surface area contributed by atoms with Crippen LogP contribution in [0.2, 0.25) is 0 Å². The van der Waals surface area contributed by atoms with Crippen LogP contribution in [0.25, 0.3) is 81.6 Å². The van der Waals surface area contributed by atoms with Gasteiger partial charge in [0.05, 0.1) is 15.7 Å². The number of thiazole rings is 1. The summed E-state index contributed by atoms with van der Waals surface area (Å²) in [4.78, 5) is 1.30. The van der Waals surface area contributed by atoms with Gasteiger partial charge in [-0.15, -0.1) is 11.3 Å². The average molecular weight is 596 g/mol. The number of fused-ring (bicyclic) bond motifs is 13. The highest BCUT2D eigenvalue weighted by Gasteiger charge is 2.26. The molecule has 1 aliphatic rings. The lowest BCUT2D eigenvalue weighted by Gasteiger charge is -2.26. The lowest BCUT2D eigenvalue weighted by Crippen LogP contribution is -2.13. The molecule has 0 fully saturated rings. The van der Waals surface area contributed by atoms with Crippen LogP contribution in [0.4, 0.5) is 0 Å². The fourth-order valence-electron chi connectivity index (χ4n) is 7.56. The van der Waals surface area contributed by atoms with E-state index in [0.29, 0.717) is 0 Å². The van der Waals surface area contributed by atoms with Gasteiger partial charge in [-0.05, 0) is 97.8 Å². The third kappa shape index (κ3) is 3.85. The van der Waals surface area contributed by atoms with Gasteiger partial charge in [-0.3, -0.25) is 4.40 Å². The summed E-state index contributed by atoms with van der Waals surface area (Å²) < 4.78 is 3.82. The van der Waals surface area contributed by atoms with Gasteiger partial charge in [0, 0.05) is 10.9 Å². The molecule has 9 rings (SSSR count). The number of benzene rings is 6. The molecule has 216 valence electrons. The van der Waals surface area contributed by atoms with Crippen molar-refractivity contribution in [3.63, 3.8) is 0 Å². The number of aryl methyl sites for hydroxylation is 1. The first kappa shape index (κ1) is 26.5. The second kappa shape index (κ2) is 9.54. The van der Waals surface area contributed by atoms with Gasteiger partial charge in [-0.1, -0.05) is 124 Å². The van der Waals surface area contributed by atoms with Crippen molar-refractivity contribution in [3.05, 3.63) is 139 Å². The highest BCUT2D eigenvalue weighted by molar-refractivity contribution is 7.24. The molecule has 2 heterocycles. The largest absolute Gasteiger partial charge is 0.300 e. The Balaban J connectivity index is 1.38. The first-order valence-corrected chi connectivity index (χ1v) is 16.6.